The highest BCUT2D eigenvalue weighted by Gasteiger charge is 2.14. The quantitative estimate of drug-likeness (QED) is 0.350. The number of nitrogens with one attached hydrogen (secondary N) is 2. The molecule has 0 fully saturated rings. The summed E-state index contributed by atoms with van der Waals surface area (Å²) in [5, 5.41) is 0. The van der Waals surface area contributed by atoms with Crippen LogP contribution in [0.1, 0.15) is 22.8 Å². The summed E-state index contributed by atoms with van der Waals surface area (Å²) in [5.74, 6) is 1.37. The van der Waals surface area contributed by atoms with Gasteiger partial charge in [-0.2, -0.15) is 0 Å². The summed E-state index contributed by atoms with van der Waals surface area (Å²) >= 11 is 0. The molecule has 4 aromatic rings. The van der Waals surface area contributed by atoms with Crippen LogP contribution in [0.25, 0.3) is 46.4 Å². The van der Waals surface area contributed by atoms with Crippen LogP contribution < -0.4 is 4.74 Å². The van der Waals surface area contributed by atoms with Gasteiger partial charge >= 0.3 is 0 Å². The Morgan fingerprint density at radius 1 is 0.548 bits per heavy atom. The van der Waals surface area contributed by atoms with Crippen molar-refractivity contribution in [2.24, 2.45) is 0 Å². The number of nitrogens with zero attached hydrogens (tertiary/aromatic N) is 2. The molecular weight excluding hydrogens is 384 g/mol. The Labute approximate surface area is 178 Å². The van der Waals surface area contributed by atoms with Gasteiger partial charge in [0.05, 0.1) is 11.4 Å². The molecule has 6 rings (SSSR count). The van der Waals surface area contributed by atoms with E-state index in [1.165, 1.54) is 0 Å². The van der Waals surface area contributed by atoms with Crippen LogP contribution in [0.3, 0.4) is 0 Å². The Bertz CT molecular complexity index is 1420. The van der Waals surface area contributed by atoms with Crippen molar-refractivity contribution in [2.75, 3.05) is 0 Å². The second-order valence-corrected chi connectivity index (χ2v) is 7.43. The number of fused-ring (bicyclic) bond motifs is 8. The minimum atomic E-state index is 0.630. The van der Waals surface area contributed by atoms with Gasteiger partial charge in [-0.15, -0.1) is 0 Å². The van der Waals surface area contributed by atoms with E-state index in [1.54, 1.807) is 0 Å². The highest BCUT2D eigenvalue weighted by atomic mass is 16.5. The number of aromatic nitrogens is 4. The summed E-state index contributed by atoms with van der Waals surface area (Å²) in [6.07, 6.45) is 7.90. The van der Waals surface area contributed by atoms with E-state index in [4.69, 9.17) is 14.7 Å². The molecule has 0 atom stereocenters. The van der Waals surface area contributed by atoms with Crippen molar-refractivity contribution in [1.82, 2.24) is 19.9 Å². The SMILES string of the molecule is C1=Cc2nc1cc1ccc(cc3ccc(cc4nc(c2Oc2ccccc2)C=C4)[nH]3)[nH]1. The third-order valence-corrected chi connectivity index (χ3v) is 5.13. The molecule has 5 heteroatoms. The molecule has 5 nitrogen and oxygen atoms in total. The summed E-state index contributed by atoms with van der Waals surface area (Å²) in [7, 11) is 0. The number of hydrogen-bond acceptors (Lipinski definition) is 3. The second-order valence-electron chi connectivity index (χ2n) is 7.43. The maximum Gasteiger partial charge on any atom is 0.178 e. The molecular formula is C26H18N4O. The Hall–Kier alpha value is -4.38. The highest BCUT2D eigenvalue weighted by Crippen LogP contribution is 2.32. The van der Waals surface area contributed by atoms with Crippen molar-refractivity contribution in [1.29, 1.82) is 0 Å². The van der Waals surface area contributed by atoms with Crippen LogP contribution in [0.2, 0.25) is 0 Å². The fraction of sp³-hybridized carbons (Fsp3) is 0. The van der Waals surface area contributed by atoms with Gasteiger partial charge in [0.15, 0.2) is 5.75 Å². The largest absolute Gasteiger partial charge is 0.453 e. The summed E-state index contributed by atoms with van der Waals surface area (Å²) in [4.78, 5) is 16.4. The van der Waals surface area contributed by atoms with Crippen LogP contribution in [-0.2, 0) is 0 Å². The van der Waals surface area contributed by atoms with Gasteiger partial charge in [-0.3, -0.25) is 0 Å². The molecule has 0 unspecified atom stereocenters. The number of hydrogen-bond donors (Lipinski definition) is 2. The smallest absolute Gasteiger partial charge is 0.178 e. The Balaban J connectivity index is 1.64. The van der Waals surface area contributed by atoms with Crippen LogP contribution in [0.15, 0.2) is 72.8 Å². The zero-order valence-electron chi connectivity index (χ0n) is 16.5. The minimum Gasteiger partial charge on any atom is -0.453 e. The molecule has 5 heterocycles. The second kappa shape index (κ2) is 7.15. The fourth-order valence-electron chi connectivity index (χ4n) is 3.69. The van der Waals surface area contributed by atoms with Crippen molar-refractivity contribution >= 4 is 46.4 Å². The number of benzene rings is 1. The van der Waals surface area contributed by atoms with Crippen molar-refractivity contribution in [3.63, 3.8) is 0 Å². The lowest BCUT2D eigenvalue weighted by Gasteiger charge is -2.07. The molecule has 8 bridgehead atoms. The van der Waals surface area contributed by atoms with Gasteiger partial charge in [0, 0.05) is 22.1 Å². The Kier molecular flexibility index (Phi) is 4.03. The predicted molar refractivity (Wildman–Crippen MR) is 125 cm³/mol. The number of para-hydroxylation sites is 1. The molecule has 148 valence electrons. The van der Waals surface area contributed by atoms with Crippen LogP contribution in [0.4, 0.5) is 0 Å². The van der Waals surface area contributed by atoms with Crippen molar-refractivity contribution in [2.45, 2.75) is 0 Å². The highest BCUT2D eigenvalue weighted by molar-refractivity contribution is 5.81. The normalized spacial score (nSPS) is 12.3. The molecule has 3 aromatic heterocycles. The lowest BCUT2D eigenvalue weighted by Crippen LogP contribution is -1.91. The van der Waals surface area contributed by atoms with Crippen LogP contribution in [0, 0.1) is 0 Å². The third-order valence-electron chi connectivity index (χ3n) is 5.13. The molecule has 0 saturated heterocycles. The molecule has 2 N–H and O–H groups in total. The number of ether oxygens (including phenoxy) is 1. The van der Waals surface area contributed by atoms with Gasteiger partial charge in [-0.05, 0) is 78.9 Å². The van der Waals surface area contributed by atoms with E-state index < -0.39 is 0 Å². The lowest BCUT2D eigenvalue weighted by atomic mass is 10.2. The van der Waals surface area contributed by atoms with Gasteiger partial charge in [0.2, 0.25) is 0 Å². The van der Waals surface area contributed by atoms with E-state index >= 15 is 0 Å². The maximum absolute atomic E-state index is 6.26. The molecule has 0 aliphatic carbocycles. The first-order valence-corrected chi connectivity index (χ1v) is 10.1. The standard InChI is InChI=1S/C26H18N4O/c1-2-4-23(5-3-1)31-26-24-12-10-21(29-24)15-19-8-6-17(27-19)14-18-7-9-20(28-18)16-22-11-13-25(26)30-22/h1-16,27-28H. The van der Waals surface area contributed by atoms with Gasteiger partial charge in [0.25, 0.3) is 0 Å². The van der Waals surface area contributed by atoms with Gasteiger partial charge in [0.1, 0.15) is 17.1 Å². The molecule has 1 aromatic carbocycles. The number of aromatic amines is 2. The van der Waals surface area contributed by atoms with Crippen molar-refractivity contribution in [3.05, 3.63) is 95.6 Å². The summed E-state index contributed by atoms with van der Waals surface area (Å²) in [5.41, 5.74) is 7.20. The molecule has 31 heavy (non-hydrogen) atoms. The average molecular weight is 402 g/mol. The summed E-state index contributed by atoms with van der Waals surface area (Å²) in [6, 6.07) is 24.0. The van der Waals surface area contributed by atoms with Crippen molar-refractivity contribution in [3.8, 4) is 11.5 Å². The Morgan fingerprint density at radius 2 is 1.06 bits per heavy atom. The first kappa shape index (κ1) is 17.5. The van der Waals surface area contributed by atoms with Gasteiger partial charge in [-0.25, -0.2) is 9.97 Å². The lowest BCUT2D eigenvalue weighted by molar-refractivity contribution is 0.477. The molecule has 0 radical (unpaired) electrons. The van der Waals surface area contributed by atoms with E-state index in [2.05, 4.69) is 28.2 Å². The van der Waals surface area contributed by atoms with E-state index in [1.807, 2.05) is 78.9 Å². The zero-order chi connectivity index (χ0) is 20.6. The molecule has 2 aliphatic heterocycles. The minimum absolute atomic E-state index is 0.630. The van der Waals surface area contributed by atoms with Crippen LogP contribution >= 0.6 is 0 Å². The first-order valence-electron chi connectivity index (χ1n) is 10.1. The topological polar surface area (TPSA) is 66.6 Å². The monoisotopic (exact) mass is 402 g/mol. The molecule has 2 aliphatic rings. The van der Waals surface area contributed by atoms with Crippen LogP contribution in [0.5, 0.6) is 11.5 Å². The van der Waals surface area contributed by atoms with Crippen molar-refractivity contribution < 1.29 is 4.74 Å². The third kappa shape index (κ3) is 3.53. The van der Waals surface area contributed by atoms with E-state index in [-0.39, 0.29) is 0 Å². The summed E-state index contributed by atoms with van der Waals surface area (Å²) in [6.45, 7) is 0. The zero-order valence-corrected chi connectivity index (χ0v) is 16.5. The van der Waals surface area contributed by atoms with Gasteiger partial charge in [-0.1, -0.05) is 18.2 Å². The van der Waals surface area contributed by atoms with Gasteiger partial charge < -0.3 is 14.7 Å². The van der Waals surface area contributed by atoms with E-state index in [9.17, 15) is 0 Å². The number of H-pyrrole nitrogens is 2. The predicted octanol–water partition coefficient (Wildman–Crippen LogP) is 6.45. The van der Waals surface area contributed by atoms with Crippen LogP contribution in [-0.4, -0.2) is 19.9 Å². The maximum atomic E-state index is 6.26. The van der Waals surface area contributed by atoms with E-state index in [0.29, 0.717) is 5.75 Å². The van der Waals surface area contributed by atoms with E-state index in [0.717, 1.165) is 50.6 Å². The first-order chi connectivity index (χ1) is 15.3. The number of rotatable bonds is 2. The molecule has 0 amide bonds. The molecule has 0 spiro atoms. The fourth-order valence-corrected chi connectivity index (χ4v) is 3.69. The summed E-state index contributed by atoms with van der Waals surface area (Å²) < 4.78 is 6.26. The average Bonchev–Trinajstić information content (AvgIpc) is 3.57. The molecule has 0 saturated carbocycles. The Morgan fingerprint density at radius 3 is 1.61 bits per heavy atom.